The average molecular weight is 336 g/mol. The minimum Gasteiger partial charge on any atom is -0.467 e. The van der Waals surface area contributed by atoms with Crippen LogP contribution < -0.4 is 5.32 Å². The van der Waals surface area contributed by atoms with Crippen LogP contribution in [0.3, 0.4) is 0 Å². The molecular formula is C19H16N2O4. The summed E-state index contributed by atoms with van der Waals surface area (Å²) >= 11 is 0. The molecule has 0 radical (unpaired) electrons. The molecule has 0 bridgehead atoms. The first-order chi connectivity index (χ1) is 12.1. The lowest BCUT2D eigenvalue weighted by Gasteiger charge is -2.23. The first-order valence-corrected chi connectivity index (χ1v) is 7.63. The van der Waals surface area contributed by atoms with Gasteiger partial charge in [0.25, 0.3) is 0 Å². The van der Waals surface area contributed by atoms with Crippen LogP contribution in [0.25, 0.3) is 11.1 Å². The second kappa shape index (κ2) is 6.29. The van der Waals surface area contributed by atoms with Gasteiger partial charge in [0.2, 0.25) is 5.54 Å². The Kier molecular flexibility index (Phi) is 4.15. The number of carbonyl (C=O) groups excluding carboxylic acids is 2. The molecule has 1 heterocycles. The number of benzene rings is 2. The SMILES string of the molecule is COC(=O)C1(C(=O)OC)Cc2cc(-c3ccccc3)cc(C#N)c2N1. The molecule has 2 aromatic carbocycles. The lowest BCUT2D eigenvalue weighted by molar-refractivity contribution is -0.159. The number of anilines is 1. The Hall–Kier alpha value is -3.33. The lowest BCUT2D eigenvalue weighted by atomic mass is 9.93. The topological polar surface area (TPSA) is 88.4 Å². The zero-order valence-electron chi connectivity index (χ0n) is 13.8. The molecule has 0 saturated carbocycles. The number of rotatable bonds is 3. The monoisotopic (exact) mass is 336 g/mol. The predicted octanol–water partition coefficient (Wildman–Crippen LogP) is 2.28. The van der Waals surface area contributed by atoms with Crippen molar-refractivity contribution in [1.82, 2.24) is 0 Å². The summed E-state index contributed by atoms with van der Waals surface area (Å²) in [4.78, 5) is 24.6. The van der Waals surface area contributed by atoms with Gasteiger partial charge in [0.15, 0.2) is 0 Å². The molecule has 126 valence electrons. The van der Waals surface area contributed by atoms with Crippen LogP contribution >= 0.6 is 0 Å². The Labute approximate surface area is 145 Å². The maximum atomic E-state index is 12.3. The molecule has 1 aliphatic rings. The number of nitrogens with zero attached hydrogens (tertiary/aromatic N) is 1. The van der Waals surface area contributed by atoms with Gasteiger partial charge in [0.05, 0.1) is 25.5 Å². The molecule has 0 fully saturated rings. The predicted molar refractivity (Wildman–Crippen MR) is 90.7 cm³/mol. The standard InChI is InChI=1S/C19H16N2O4/c1-24-17(22)19(18(23)25-2)10-14-8-13(12-6-4-3-5-7-12)9-15(11-20)16(14)21-19/h3-9,21H,10H2,1-2H3. The summed E-state index contributed by atoms with van der Waals surface area (Å²) in [7, 11) is 2.41. The van der Waals surface area contributed by atoms with Crippen LogP contribution in [0, 0.1) is 11.3 Å². The van der Waals surface area contributed by atoms with E-state index in [2.05, 4.69) is 11.4 Å². The maximum Gasteiger partial charge on any atom is 0.343 e. The quantitative estimate of drug-likeness (QED) is 0.683. The molecule has 0 aromatic heterocycles. The van der Waals surface area contributed by atoms with E-state index in [1.807, 2.05) is 36.4 Å². The molecule has 1 aliphatic heterocycles. The van der Waals surface area contributed by atoms with Crippen LogP contribution in [0.4, 0.5) is 5.69 Å². The third-order valence-corrected chi connectivity index (χ3v) is 4.31. The van der Waals surface area contributed by atoms with Crippen LogP contribution in [-0.4, -0.2) is 31.7 Å². The lowest BCUT2D eigenvalue weighted by Crippen LogP contribution is -2.53. The van der Waals surface area contributed by atoms with Crippen LogP contribution in [0.5, 0.6) is 0 Å². The summed E-state index contributed by atoms with van der Waals surface area (Å²) < 4.78 is 9.59. The maximum absolute atomic E-state index is 12.3. The van der Waals surface area contributed by atoms with Crippen molar-refractivity contribution in [2.45, 2.75) is 12.0 Å². The second-order valence-electron chi connectivity index (χ2n) is 5.73. The molecule has 0 saturated heterocycles. The van der Waals surface area contributed by atoms with Gasteiger partial charge in [-0.05, 0) is 28.8 Å². The molecule has 0 spiro atoms. The Morgan fingerprint density at radius 3 is 2.28 bits per heavy atom. The van der Waals surface area contributed by atoms with Gasteiger partial charge in [-0.3, -0.25) is 0 Å². The zero-order chi connectivity index (χ0) is 18.0. The molecule has 0 amide bonds. The van der Waals surface area contributed by atoms with Gasteiger partial charge in [0, 0.05) is 6.42 Å². The molecule has 6 heteroatoms. The van der Waals surface area contributed by atoms with E-state index in [4.69, 9.17) is 9.47 Å². The van der Waals surface area contributed by atoms with Crippen molar-refractivity contribution in [3.05, 3.63) is 53.6 Å². The van der Waals surface area contributed by atoms with Gasteiger partial charge in [-0.15, -0.1) is 0 Å². The second-order valence-corrected chi connectivity index (χ2v) is 5.73. The number of nitriles is 1. The molecule has 3 rings (SSSR count). The Balaban J connectivity index is 2.13. The van der Waals surface area contributed by atoms with E-state index in [1.54, 1.807) is 6.07 Å². The van der Waals surface area contributed by atoms with Gasteiger partial charge in [-0.25, -0.2) is 9.59 Å². The first-order valence-electron chi connectivity index (χ1n) is 7.63. The minimum atomic E-state index is -1.67. The summed E-state index contributed by atoms with van der Waals surface area (Å²) in [6, 6.07) is 15.3. The molecule has 0 aliphatic carbocycles. The molecule has 6 nitrogen and oxygen atoms in total. The number of hydrogen-bond donors (Lipinski definition) is 1. The number of ether oxygens (including phenoxy) is 2. The summed E-state index contributed by atoms with van der Waals surface area (Å²) in [6.45, 7) is 0. The highest BCUT2D eigenvalue weighted by Crippen LogP contribution is 2.39. The van der Waals surface area contributed by atoms with Gasteiger partial charge in [-0.1, -0.05) is 30.3 Å². The summed E-state index contributed by atoms with van der Waals surface area (Å²) in [5.74, 6) is -1.50. The molecular weight excluding hydrogens is 320 g/mol. The van der Waals surface area contributed by atoms with Gasteiger partial charge >= 0.3 is 11.9 Å². The zero-order valence-corrected chi connectivity index (χ0v) is 13.8. The molecule has 1 N–H and O–H groups in total. The van der Waals surface area contributed by atoms with E-state index < -0.39 is 17.5 Å². The fourth-order valence-electron chi connectivity index (χ4n) is 3.10. The van der Waals surface area contributed by atoms with Crippen molar-refractivity contribution in [1.29, 1.82) is 5.26 Å². The van der Waals surface area contributed by atoms with E-state index in [-0.39, 0.29) is 6.42 Å². The van der Waals surface area contributed by atoms with Crippen molar-refractivity contribution in [3.63, 3.8) is 0 Å². The number of esters is 2. The molecule has 25 heavy (non-hydrogen) atoms. The highest BCUT2D eigenvalue weighted by atomic mass is 16.5. The Morgan fingerprint density at radius 1 is 1.08 bits per heavy atom. The van der Waals surface area contributed by atoms with E-state index in [0.717, 1.165) is 11.1 Å². The largest absolute Gasteiger partial charge is 0.467 e. The fraction of sp³-hybridized carbons (Fsp3) is 0.211. The van der Waals surface area contributed by atoms with E-state index in [9.17, 15) is 14.9 Å². The normalized spacial score (nSPS) is 14.0. The number of nitrogens with one attached hydrogen (secondary N) is 1. The summed E-state index contributed by atoms with van der Waals surface area (Å²) in [5.41, 5.74) is 1.60. The highest BCUT2D eigenvalue weighted by molar-refractivity contribution is 6.10. The smallest absolute Gasteiger partial charge is 0.343 e. The summed E-state index contributed by atoms with van der Waals surface area (Å²) in [5, 5.41) is 12.4. The third kappa shape index (κ3) is 2.60. The number of methoxy groups -OCH3 is 2. The van der Waals surface area contributed by atoms with Crippen LogP contribution in [0.1, 0.15) is 11.1 Å². The van der Waals surface area contributed by atoms with E-state index in [1.165, 1.54) is 14.2 Å². The van der Waals surface area contributed by atoms with Gasteiger partial charge in [-0.2, -0.15) is 5.26 Å². The first kappa shape index (κ1) is 16.5. The van der Waals surface area contributed by atoms with Crippen molar-refractivity contribution in [3.8, 4) is 17.2 Å². The number of hydrogen-bond acceptors (Lipinski definition) is 6. The van der Waals surface area contributed by atoms with Gasteiger partial charge < -0.3 is 14.8 Å². The van der Waals surface area contributed by atoms with Crippen molar-refractivity contribution in [2.75, 3.05) is 19.5 Å². The average Bonchev–Trinajstić information content (AvgIpc) is 3.07. The van der Waals surface area contributed by atoms with E-state index in [0.29, 0.717) is 16.8 Å². The Morgan fingerprint density at radius 2 is 1.72 bits per heavy atom. The van der Waals surface area contributed by atoms with Crippen LogP contribution in [-0.2, 0) is 25.5 Å². The summed E-state index contributed by atoms with van der Waals surface area (Å²) in [6.07, 6.45) is 0.0526. The van der Waals surface area contributed by atoms with Crippen molar-refractivity contribution >= 4 is 17.6 Å². The number of fused-ring (bicyclic) bond motifs is 1. The van der Waals surface area contributed by atoms with E-state index >= 15 is 0 Å². The van der Waals surface area contributed by atoms with Crippen LogP contribution in [0.15, 0.2) is 42.5 Å². The molecule has 2 aromatic rings. The van der Waals surface area contributed by atoms with Crippen LogP contribution in [0.2, 0.25) is 0 Å². The van der Waals surface area contributed by atoms with Crippen molar-refractivity contribution < 1.29 is 19.1 Å². The fourth-order valence-corrected chi connectivity index (χ4v) is 3.10. The molecule has 0 unspecified atom stereocenters. The minimum absolute atomic E-state index is 0.0526. The van der Waals surface area contributed by atoms with Crippen molar-refractivity contribution in [2.24, 2.45) is 0 Å². The highest BCUT2D eigenvalue weighted by Gasteiger charge is 2.53. The third-order valence-electron chi connectivity index (χ3n) is 4.31. The Bertz CT molecular complexity index is 868. The molecule has 0 atom stereocenters. The van der Waals surface area contributed by atoms with Gasteiger partial charge in [0.1, 0.15) is 6.07 Å². The number of carbonyl (C=O) groups is 2.